The normalized spacial score (nSPS) is 14.0. The van der Waals surface area contributed by atoms with Crippen molar-refractivity contribution in [2.75, 3.05) is 12.3 Å². The molecule has 0 amide bonds. The van der Waals surface area contributed by atoms with E-state index < -0.39 is 0 Å². The molecular weight excluding hydrogens is 344 g/mol. The van der Waals surface area contributed by atoms with Gasteiger partial charge < -0.3 is 4.74 Å². The molecule has 0 spiro atoms. The van der Waals surface area contributed by atoms with Crippen LogP contribution in [0.1, 0.15) is 11.1 Å². The van der Waals surface area contributed by atoms with E-state index in [2.05, 4.69) is 4.99 Å². The first-order valence-corrected chi connectivity index (χ1v) is 8.41. The second kappa shape index (κ2) is 6.90. The zero-order valence-electron chi connectivity index (χ0n) is 11.5. The molecule has 0 saturated carbocycles. The van der Waals surface area contributed by atoms with Crippen molar-refractivity contribution in [1.82, 2.24) is 0 Å². The van der Waals surface area contributed by atoms with E-state index in [1.54, 1.807) is 17.8 Å². The fourth-order valence-electron chi connectivity index (χ4n) is 2.05. The van der Waals surface area contributed by atoms with E-state index in [1.807, 2.05) is 18.2 Å². The molecule has 2 aromatic carbocycles. The molecule has 0 N–H and O–H groups in total. The molecule has 0 fully saturated rings. The predicted molar refractivity (Wildman–Crippen MR) is 91.1 cm³/mol. The molecule has 1 aliphatic heterocycles. The van der Waals surface area contributed by atoms with Crippen LogP contribution in [0.25, 0.3) is 0 Å². The molecule has 0 aromatic heterocycles. The van der Waals surface area contributed by atoms with Crippen molar-refractivity contribution in [3.63, 3.8) is 0 Å². The maximum Gasteiger partial charge on any atom is 0.138 e. The van der Waals surface area contributed by atoms with Crippen LogP contribution in [0.4, 0.5) is 4.39 Å². The van der Waals surface area contributed by atoms with Gasteiger partial charge in [0.2, 0.25) is 0 Å². The Morgan fingerprint density at radius 2 is 2.00 bits per heavy atom. The Morgan fingerprint density at radius 1 is 1.14 bits per heavy atom. The van der Waals surface area contributed by atoms with E-state index in [9.17, 15) is 4.39 Å². The van der Waals surface area contributed by atoms with Gasteiger partial charge in [0.05, 0.1) is 15.1 Å². The molecule has 2 nitrogen and oxygen atoms in total. The zero-order chi connectivity index (χ0) is 15.5. The Bertz CT molecular complexity index is 736. The van der Waals surface area contributed by atoms with Gasteiger partial charge in [0.25, 0.3) is 0 Å². The van der Waals surface area contributed by atoms with Gasteiger partial charge in [-0.15, -0.1) is 11.8 Å². The first-order chi connectivity index (χ1) is 10.6. The van der Waals surface area contributed by atoms with E-state index in [-0.39, 0.29) is 12.4 Å². The monoisotopic (exact) mass is 355 g/mol. The summed E-state index contributed by atoms with van der Waals surface area (Å²) in [6.07, 6.45) is 0. The lowest BCUT2D eigenvalue weighted by Gasteiger charge is -2.10. The van der Waals surface area contributed by atoms with Crippen LogP contribution in [0.15, 0.2) is 41.4 Å². The van der Waals surface area contributed by atoms with Gasteiger partial charge in [-0.1, -0.05) is 29.3 Å². The van der Waals surface area contributed by atoms with Crippen LogP contribution in [0.3, 0.4) is 0 Å². The van der Waals surface area contributed by atoms with Crippen LogP contribution in [0.2, 0.25) is 10.0 Å². The Labute approximate surface area is 142 Å². The van der Waals surface area contributed by atoms with Gasteiger partial charge in [-0.25, -0.2) is 4.39 Å². The minimum atomic E-state index is -0.369. The van der Waals surface area contributed by atoms with Crippen LogP contribution in [-0.2, 0) is 6.61 Å². The second-order valence-corrected chi connectivity index (χ2v) is 6.60. The lowest BCUT2D eigenvalue weighted by Crippen LogP contribution is -1.99. The van der Waals surface area contributed by atoms with Crippen molar-refractivity contribution in [3.05, 3.63) is 63.4 Å². The number of halogens is 3. The number of benzene rings is 2. The van der Waals surface area contributed by atoms with Crippen molar-refractivity contribution in [1.29, 1.82) is 0 Å². The molecule has 0 atom stereocenters. The first-order valence-electron chi connectivity index (χ1n) is 6.67. The summed E-state index contributed by atoms with van der Waals surface area (Å²) in [4.78, 5) is 4.42. The lowest BCUT2D eigenvalue weighted by atomic mass is 10.2. The fraction of sp³-hybridized carbons (Fsp3) is 0.188. The van der Waals surface area contributed by atoms with Crippen molar-refractivity contribution >= 4 is 40.0 Å². The highest BCUT2D eigenvalue weighted by Gasteiger charge is 2.12. The smallest absolute Gasteiger partial charge is 0.138 e. The summed E-state index contributed by atoms with van der Waals surface area (Å²) >= 11 is 14.0. The molecule has 6 heteroatoms. The molecule has 22 heavy (non-hydrogen) atoms. The number of hydrogen-bond donors (Lipinski definition) is 0. The van der Waals surface area contributed by atoms with E-state index in [4.69, 9.17) is 27.9 Å². The van der Waals surface area contributed by atoms with Crippen molar-refractivity contribution in [2.45, 2.75) is 6.61 Å². The third kappa shape index (κ3) is 3.57. The van der Waals surface area contributed by atoms with E-state index in [0.29, 0.717) is 21.4 Å². The Balaban J connectivity index is 1.72. The third-order valence-corrected chi connectivity index (χ3v) is 4.83. The van der Waals surface area contributed by atoms with Gasteiger partial charge in [-0.3, -0.25) is 4.99 Å². The maximum atomic E-state index is 13.0. The predicted octanol–water partition coefficient (Wildman–Crippen LogP) is 5.20. The molecular formula is C16H12Cl2FNOS. The van der Waals surface area contributed by atoms with Crippen molar-refractivity contribution in [3.8, 4) is 5.75 Å². The molecule has 0 unspecified atom stereocenters. The summed E-state index contributed by atoms with van der Waals surface area (Å²) in [5, 5.41) is 1.87. The Kier molecular flexibility index (Phi) is 4.91. The third-order valence-electron chi connectivity index (χ3n) is 3.16. The lowest BCUT2D eigenvalue weighted by molar-refractivity contribution is 0.306. The van der Waals surface area contributed by atoms with Gasteiger partial charge in [-0.05, 0) is 30.3 Å². The Hall–Kier alpha value is -1.23. The molecule has 1 heterocycles. The Morgan fingerprint density at radius 3 is 2.68 bits per heavy atom. The number of hydrogen-bond acceptors (Lipinski definition) is 3. The van der Waals surface area contributed by atoms with Crippen molar-refractivity contribution < 1.29 is 9.13 Å². The standard InChI is InChI=1S/C16H12Cl2FNOS/c17-13-8-12(19)3-1-11(13)9-21-15-4-2-10(7-14(15)18)16-20-5-6-22-16/h1-4,7-8H,5-6,9H2. The van der Waals surface area contributed by atoms with Crippen LogP contribution in [0.5, 0.6) is 5.75 Å². The number of nitrogens with zero attached hydrogens (tertiary/aromatic N) is 1. The van der Waals surface area contributed by atoms with Gasteiger partial charge >= 0.3 is 0 Å². The molecule has 3 rings (SSSR count). The van der Waals surface area contributed by atoms with Gasteiger partial charge in [0.15, 0.2) is 0 Å². The number of aliphatic imine (C=N–C) groups is 1. The number of rotatable bonds is 4. The summed E-state index contributed by atoms with van der Waals surface area (Å²) in [6, 6.07) is 9.82. The van der Waals surface area contributed by atoms with Crippen molar-refractivity contribution in [2.24, 2.45) is 4.99 Å². The quantitative estimate of drug-likeness (QED) is 0.751. The van der Waals surface area contributed by atoms with Crippen LogP contribution in [0, 0.1) is 5.82 Å². The van der Waals surface area contributed by atoms with Crippen LogP contribution < -0.4 is 4.74 Å². The summed E-state index contributed by atoms with van der Waals surface area (Å²) in [6.45, 7) is 1.08. The first kappa shape index (κ1) is 15.7. The van der Waals surface area contributed by atoms with Gasteiger partial charge in [-0.2, -0.15) is 0 Å². The molecule has 1 aliphatic rings. The summed E-state index contributed by atoms with van der Waals surface area (Å²) in [5.41, 5.74) is 1.71. The second-order valence-electron chi connectivity index (χ2n) is 4.70. The summed E-state index contributed by atoms with van der Waals surface area (Å²) < 4.78 is 18.7. The fourth-order valence-corrected chi connectivity index (χ4v) is 3.36. The SMILES string of the molecule is Fc1ccc(COc2ccc(C3=NCCS3)cc2Cl)c(Cl)c1. The van der Waals surface area contributed by atoms with Crippen LogP contribution in [-0.4, -0.2) is 17.3 Å². The molecule has 0 aliphatic carbocycles. The highest BCUT2D eigenvalue weighted by atomic mass is 35.5. The van der Waals surface area contributed by atoms with E-state index in [0.717, 1.165) is 22.9 Å². The van der Waals surface area contributed by atoms with Crippen LogP contribution >= 0.6 is 35.0 Å². The maximum absolute atomic E-state index is 13.0. The number of ether oxygens (including phenoxy) is 1. The van der Waals surface area contributed by atoms with E-state index >= 15 is 0 Å². The average Bonchev–Trinajstić information content (AvgIpc) is 3.02. The highest BCUT2D eigenvalue weighted by molar-refractivity contribution is 8.14. The van der Waals surface area contributed by atoms with Gasteiger partial charge in [0.1, 0.15) is 18.2 Å². The molecule has 0 saturated heterocycles. The highest BCUT2D eigenvalue weighted by Crippen LogP contribution is 2.30. The van der Waals surface area contributed by atoms with E-state index in [1.165, 1.54) is 12.1 Å². The topological polar surface area (TPSA) is 21.6 Å². The zero-order valence-corrected chi connectivity index (χ0v) is 13.8. The summed E-state index contributed by atoms with van der Waals surface area (Å²) in [7, 11) is 0. The van der Waals surface area contributed by atoms with Gasteiger partial charge in [0, 0.05) is 23.4 Å². The number of thioether (sulfide) groups is 1. The molecule has 114 valence electrons. The summed E-state index contributed by atoms with van der Waals surface area (Å²) in [5.74, 6) is 1.20. The minimum Gasteiger partial charge on any atom is -0.487 e. The molecule has 0 bridgehead atoms. The largest absolute Gasteiger partial charge is 0.487 e. The molecule has 2 aromatic rings. The minimum absolute atomic E-state index is 0.230. The molecule has 0 radical (unpaired) electrons. The average molecular weight is 356 g/mol.